The molecule has 1 atom stereocenters. The van der Waals surface area contributed by atoms with Crippen LogP contribution in [0, 0.1) is 0 Å². The monoisotopic (exact) mass is 418 g/mol. The second-order valence-electron chi connectivity index (χ2n) is 6.52. The van der Waals surface area contributed by atoms with E-state index in [1.54, 1.807) is 6.92 Å². The minimum atomic E-state index is -4.73. The Hall–Kier alpha value is -2.56. The van der Waals surface area contributed by atoms with Crippen molar-refractivity contribution in [2.24, 2.45) is 5.73 Å². The number of nitrogens with zero attached hydrogens (tertiary/aromatic N) is 4. The molecule has 2 aromatic heterocycles. The van der Waals surface area contributed by atoms with Gasteiger partial charge in [-0.2, -0.15) is 23.4 Å². The first-order valence-corrected chi connectivity index (χ1v) is 8.95. The van der Waals surface area contributed by atoms with Crippen molar-refractivity contribution < 1.29 is 22.8 Å². The zero-order valence-electron chi connectivity index (χ0n) is 15.0. The minimum Gasteiger partial charge on any atom is -0.364 e. The molecule has 0 aromatic carbocycles. The van der Waals surface area contributed by atoms with Crippen LogP contribution in [-0.2, 0) is 17.5 Å². The Balaban J connectivity index is 1.93. The van der Waals surface area contributed by atoms with Crippen molar-refractivity contribution in [2.45, 2.75) is 51.4 Å². The maximum Gasteiger partial charge on any atom is 0.436 e. The van der Waals surface area contributed by atoms with Gasteiger partial charge >= 0.3 is 6.18 Å². The highest BCUT2D eigenvalue weighted by Crippen LogP contribution is 2.47. The van der Waals surface area contributed by atoms with Gasteiger partial charge in [0.1, 0.15) is 11.7 Å². The van der Waals surface area contributed by atoms with Crippen LogP contribution in [0.4, 0.5) is 18.9 Å². The summed E-state index contributed by atoms with van der Waals surface area (Å²) in [6.45, 7) is 3.48. The molecule has 2 amide bonds. The van der Waals surface area contributed by atoms with E-state index in [9.17, 15) is 22.8 Å². The number of hydrogen-bond acceptors (Lipinski definition) is 4. The van der Waals surface area contributed by atoms with Crippen molar-refractivity contribution in [3.05, 3.63) is 28.3 Å². The molecular weight excluding hydrogens is 401 g/mol. The molecule has 12 heteroatoms. The van der Waals surface area contributed by atoms with E-state index in [4.69, 9.17) is 17.3 Å². The van der Waals surface area contributed by atoms with E-state index < -0.39 is 34.7 Å². The first-order valence-electron chi connectivity index (χ1n) is 8.57. The standard InChI is InChI=1S/C16H18ClF3N6O2/c1-3-25-12(14(21)27)9(6-22-25)23-15(28)7(2)26-11(8-4-5-8)10(17)13(24-26)16(18,19)20/h6-8H,3-5H2,1-2H3,(H2,21,27)(H,23,28). The third kappa shape index (κ3) is 3.58. The van der Waals surface area contributed by atoms with Crippen molar-refractivity contribution in [3.8, 4) is 0 Å². The lowest BCUT2D eigenvalue weighted by Crippen LogP contribution is -2.27. The number of hydrogen-bond donors (Lipinski definition) is 2. The molecule has 2 heterocycles. The van der Waals surface area contributed by atoms with Crippen LogP contribution in [0.25, 0.3) is 0 Å². The van der Waals surface area contributed by atoms with Gasteiger partial charge in [-0.05, 0) is 26.7 Å². The highest BCUT2D eigenvalue weighted by Gasteiger charge is 2.43. The van der Waals surface area contributed by atoms with Crippen molar-refractivity contribution in [1.29, 1.82) is 0 Å². The number of amides is 2. The summed E-state index contributed by atoms with van der Waals surface area (Å²) in [5.74, 6) is -1.63. The molecule has 0 spiro atoms. The Kier molecular flexibility index (Phi) is 5.13. The molecule has 3 rings (SSSR count). The van der Waals surface area contributed by atoms with Gasteiger partial charge in [-0.3, -0.25) is 19.0 Å². The SMILES string of the molecule is CCn1ncc(NC(=O)C(C)n2nc(C(F)(F)F)c(Cl)c2C2CC2)c1C(N)=O. The lowest BCUT2D eigenvalue weighted by atomic mass is 10.2. The molecule has 1 fully saturated rings. The minimum absolute atomic E-state index is 0.0000512. The van der Waals surface area contributed by atoms with Crippen molar-refractivity contribution in [2.75, 3.05) is 5.32 Å². The van der Waals surface area contributed by atoms with Crippen LogP contribution >= 0.6 is 11.6 Å². The summed E-state index contributed by atoms with van der Waals surface area (Å²) < 4.78 is 41.9. The van der Waals surface area contributed by atoms with Crippen molar-refractivity contribution in [1.82, 2.24) is 19.6 Å². The second kappa shape index (κ2) is 7.12. The fourth-order valence-electron chi connectivity index (χ4n) is 2.95. The van der Waals surface area contributed by atoms with Crippen molar-refractivity contribution >= 4 is 29.1 Å². The Bertz CT molecular complexity index is 932. The molecule has 3 N–H and O–H groups in total. The van der Waals surface area contributed by atoms with Gasteiger partial charge in [-0.1, -0.05) is 11.6 Å². The lowest BCUT2D eigenvalue weighted by Gasteiger charge is -2.16. The Morgan fingerprint density at radius 1 is 1.43 bits per heavy atom. The van der Waals surface area contributed by atoms with Gasteiger partial charge in [-0.15, -0.1) is 0 Å². The fourth-order valence-corrected chi connectivity index (χ4v) is 3.34. The smallest absolute Gasteiger partial charge is 0.364 e. The summed E-state index contributed by atoms with van der Waals surface area (Å²) in [7, 11) is 0. The summed E-state index contributed by atoms with van der Waals surface area (Å²) in [5, 5.41) is 9.54. The average Bonchev–Trinajstić information content (AvgIpc) is 3.25. The van der Waals surface area contributed by atoms with Gasteiger partial charge in [0, 0.05) is 12.5 Å². The van der Waals surface area contributed by atoms with E-state index >= 15 is 0 Å². The Morgan fingerprint density at radius 3 is 2.57 bits per heavy atom. The molecular formula is C16H18ClF3N6O2. The van der Waals surface area contributed by atoms with Crippen molar-refractivity contribution in [3.63, 3.8) is 0 Å². The number of primary amides is 1. The Labute approximate surface area is 162 Å². The number of halogens is 4. The number of rotatable bonds is 6. The summed E-state index contributed by atoms with van der Waals surface area (Å²) in [4.78, 5) is 24.3. The fraction of sp³-hybridized carbons (Fsp3) is 0.500. The topological polar surface area (TPSA) is 108 Å². The predicted octanol–water partition coefficient (Wildman–Crippen LogP) is 2.95. The third-order valence-corrected chi connectivity index (χ3v) is 4.87. The summed E-state index contributed by atoms with van der Waals surface area (Å²) in [6.07, 6.45) is -2.13. The molecule has 2 aromatic rings. The molecule has 1 aliphatic carbocycles. The van der Waals surface area contributed by atoms with E-state index in [1.165, 1.54) is 17.8 Å². The molecule has 1 aliphatic rings. The molecule has 0 bridgehead atoms. The highest BCUT2D eigenvalue weighted by molar-refractivity contribution is 6.32. The molecule has 0 aliphatic heterocycles. The van der Waals surface area contributed by atoms with Crippen LogP contribution in [0.1, 0.15) is 60.5 Å². The number of alkyl halides is 3. The van der Waals surface area contributed by atoms with Gasteiger partial charge < -0.3 is 11.1 Å². The summed E-state index contributed by atoms with van der Waals surface area (Å²) in [6, 6.07) is -1.10. The van der Waals surface area contributed by atoms with Gasteiger partial charge in [0.05, 0.1) is 22.6 Å². The lowest BCUT2D eigenvalue weighted by molar-refractivity contribution is -0.141. The van der Waals surface area contributed by atoms with Crippen LogP contribution in [0.3, 0.4) is 0 Å². The van der Waals surface area contributed by atoms with Crippen LogP contribution in [0.2, 0.25) is 5.02 Å². The van der Waals surface area contributed by atoms with Crippen LogP contribution in [0.5, 0.6) is 0 Å². The zero-order valence-corrected chi connectivity index (χ0v) is 15.8. The zero-order chi connectivity index (χ0) is 20.8. The highest BCUT2D eigenvalue weighted by atomic mass is 35.5. The molecule has 8 nitrogen and oxygen atoms in total. The quantitative estimate of drug-likeness (QED) is 0.751. The number of anilines is 1. The van der Waals surface area contributed by atoms with Crippen LogP contribution in [-0.4, -0.2) is 31.4 Å². The van der Waals surface area contributed by atoms with Gasteiger partial charge in [-0.25, -0.2) is 0 Å². The molecule has 0 saturated heterocycles. The largest absolute Gasteiger partial charge is 0.436 e. The molecule has 28 heavy (non-hydrogen) atoms. The number of nitrogens with two attached hydrogens (primary N) is 1. The number of carbonyl (C=O) groups is 2. The van der Waals surface area contributed by atoms with E-state index in [-0.39, 0.29) is 23.0 Å². The normalized spacial score (nSPS) is 15.5. The first kappa shape index (κ1) is 20.2. The van der Waals surface area contributed by atoms with Gasteiger partial charge in [0.2, 0.25) is 5.91 Å². The number of aryl methyl sites for hydroxylation is 1. The summed E-state index contributed by atoms with van der Waals surface area (Å²) >= 11 is 5.94. The summed E-state index contributed by atoms with van der Waals surface area (Å²) in [5.41, 5.74) is 4.38. The number of aromatic nitrogens is 4. The predicted molar refractivity (Wildman–Crippen MR) is 94.0 cm³/mol. The van der Waals surface area contributed by atoms with E-state index in [2.05, 4.69) is 15.5 Å². The molecule has 1 unspecified atom stereocenters. The second-order valence-corrected chi connectivity index (χ2v) is 6.89. The molecule has 1 saturated carbocycles. The third-order valence-electron chi connectivity index (χ3n) is 4.50. The van der Waals surface area contributed by atoms with Crippen LogP contribution in [0.15, 0.2) is 6.20 Å². The number of nitrogens with one attached hydrogen (secondary N) is 1. The van der Waals surface area contributed by atoms with E-state index in [0.717, 1.165) is 4.68 Å². The van der Waals surface area contributed by atoms with Crippen LogP contribution < -0.4 is 11.1 Å². The number of carbonyl (C=O) groups excluding carboxylic acids is 2. The van der Waals surface area contributed by atoms with E-state index in [0.29, 0.717) is 19.4 Å². The van der Waals surface area contributed by atoms with Gasteiger partial charge in [0.15, 0.2) is 5.69 Å². The Morgan fingerprint density at radius 2 is 2.07 bits per heavy atom. The van der Waals surface area contributed by atoms with E-state index in [1.807, 2.05) is 0 Å². The molecule has 0 radical (unpaired) electrons. The van der Waals surface area contributed by atoms with Gasteiger partial charge in [0.25, 0.3) is 5.91 Å². The maximum absolute atomic E-state index is 13.2. The maximum atomic E-state index is 13.2. The first-order chi connectivity index (χ1) is 13.1. The molecule has 152 valence electrons. The average molecular weight is 419 g/mol.